The predicted molar refractivity (Wildman–Crippen MR) is 135 cm³/mol. The molecule has 6 nitrogen and oxygen atoms in total. The molecule has 188 valence electrons. The molecule has 0 saturated carbocycles. The van der Waals surface area contributed by atoms with Crippen LogP contribution in [0.1, 0.15) is 43.3 Å². The van der Waals surface area contributed by atoms with Gasteiger partial charge in [0, 0.05) is 41.5 Å². The van der Waals surface area contributed by atoms with Gasteiger partial charge in [-0.25, -0.2) is 18.7 Å². The van der Waals surface area contributed by atoms with Crippen molar-refractivity contribution in [2.24, 2.45) is 0 Å². The number of benzene rings is 1. The second kappa shape index (κ2) is 9.95. The summed E-state index contributed by atoms with van der Waals surface area (Å²) in [6.45, 7) is 9.31. The summed E-state index contributed by atoms with van der Waals surface area (Å²) in [5.74, 6) is -0.565. The van der Waals surface area contributed by atoms with Crippen LogP contribution in [-0.4, -0.2) is 26.6 Å². The number of nitrogens with zero attached hydrogens (tertiary/aromatic N) is 4. The van der Waals surface area contributed by atoms with E-state index in [0.29, 0.717) is 34.5 Å². The lowest BCUT2D eigenvalue weighted by Gasteiger charge is -2.31. The highest BCUT2D eigenvalue weighted by molar-refractivity contribution is 6.30. The largest absolute Gasteiger partial charge is 0.487 e. The third kappa shape index (κ3) is 5.39. The number of aryl methyl sites for hydroxylation is 2. The van der Waals surface area contributed by atoms with Gasteiger partial charge in [0.2, 0.25) is 0 Å². The molecule has 0 saturated heterocycles. The standard InChI is InChI=1S/C27H27ClF2N4O2/c1-15-11-31-22(25-16(2)12-32-26(33-25)27(4,5)35)10-23(15)34-13-20(28)24(8-17(34)3)36-14-18-6-7-19(29)9-21(18)30/h6-12,35H,13-14H2,1-5H3. The van der Waals surface area contributed by atoms with Gasteiger partial charge in [-0.2, -0.15) is 0 Å². The van der Waals surface area contributed by atoms with Crippen molar-refractivity contribution in [3.8, 4) is 11.4 Å². The molecule has 1 N–H and O–H groups in total. The fourth-order valence-electron chi connectivity index (χ4n) is 3.81. The Balaban J connectivity index is 1.61. The fourth-order valence-corrected chi connectivity index (χ4v) is 4.03. The van der Waals surface area contributed by atoms with Gasteiger partial charge in [-0.1, -0.05) is 11.6 Å². The molecule has 2 aromatic heterocycles. The van der Waals surface area contributed by atoms with Crippen molar-refractivity contribution in [1.82, 2.24) is 15.0 Å². The van der Waals surface area contributed by atoms with Crippen molar-refractivity contribution < 1.29 is 18.6 Å². The van der Waals surface area contributed by atoms with Crippen LogP contribution in [0, 0.1) is 25.5 Å². The molecule has 1 aromatic carbocycles. The van der Waals surface area contributed by atoms with Crippen molar-refractivity contribution in [2.45, 2.75) is 46.8 Å². The molecule has 1 aliphatic heterocycles. The van der Waals surface area contributed by atoms with E-state index in [1.165, 1.54) is 12.1 Å². The monoisotopic (exact) mass is 512 g/mol. The first-order valence-electron chi connectivity index (χ1n) is 11.4. The maximum absolute atomic E-state index is 14.0. The number of halogens is 3. The minimum absolute atomic E-state index is 0.0730. The van der Waals surface area contributed by atoms with E-state index in [0.717, 1.165) is 28.6 Å². The number of pyridine rings is 1. The lowest BCUT2D eigenvalue weighted by atomic mass is 10.1. The smallest absolute Gasteiger partial charge is 0.160 e. The number of ether oxygens (including phenoxy) is 1. The number of hydrogen-bond donors (Lipinski definition) is 1. The third-order valence-corrected chi connectivity index (χ3v) is 6.16. The Morgan fingerprint density at radius 3 is 2.50 bits per heavy atom. The summed E-state index contributed by atoms with van der Waals surface area (Å²) < 4.78 is 32.9. The number of allylic oxidation sites excluding steroid dienone is 2. The van der Waals surface area contributed by atoms with Crippen LogP contribution in [0.4, 0.5) is 14.5 Å². The quantitative estimate of drug-likeness (QED) is 0.433. The van der Waals surface area contributed by atoms with Crippen molar-refractivity contribution in [3.63, 3.8) is 0 Å². The van der Waals surface area contributed by atoms with Crippen LogP contribution in [0.25, 0.3) is 11.4 Å². The summed E-state index contributed by atoms with van der Waals surface area (Å²) >= 11 is 6.58. The Hall–Kier alpha value is -3.36. The highest BCUT2D eigenvalue weighted by atomic mass is 35.5. The second-order valence-corrected chi connectivity index (χ2v) is 9.76. The van der Waals surface area contributed by atoms with Gasteiger partial charge in [-0.05, 0) is 63.9 Å². The Morgan fingerprint density at radius 1 is 1.08 bits per heavy atom. The van der Waals surface area contributed by atoms with Gasteiger partial charge in [0.25, 0.3) is 0 Å². The summed E-state index contributed by atoms with van der Waals surface area (Å²) in [5, 5.41) is 10.8. The van der Waals surface area contributed by atoms with Crippen LogP contribution in [0.2, 0.25) is 0 Å². The SMILES string of the molecule is CC1=CC(OCc2ccc(F)cc2F)=C(Cl)CN1c1cc(-c2nc(C(C)(C)O)ncc2C)ncc1C. The van der Waals surface area contributed by atoms with Crippen LogP contribution in [-0.2, 0) is 16.9 Å². The number of aliphatic hydroxyl groups is 1. The number of aromatic nitrogens is 3. The molecular weight excluding hydrogens is 486 g/mol. The van der Waals surface area contributed by atoms with Gasteiger partial charge in [0.05, 0.1) is 23.0 Å². The van der Waals surface area contributed by atoms with E-state index in [4.69, 9.17) is 16.3 Å². The molecular formula is C27H27ClF2N4O2. The average molecular weight is 513 g/mol. The van der Waals surface area contributed by atoms with E-state index in [-0.39, 0.29) is 12.2 Å². The van der Waals surface area contributed by atoms with Gasteiger partial charge >= 0.3 is 0 Å². The van der Waals surface area contributed by atoms with Crippen molar-refractivity contribution >= 4 is 17.3 Å². The summed E-state index contributed by atoms with van der Waals surface area (Å²) in [4.78, 5) is 15.4. The Morgan fingerprint density at radius 2 is 1.81 bits per heavy atom. The maximum Gasteiger partial charge on any atom is 0.160 e. The van der Waals surface area contributed by atoms with E-state index in [2.05, 4.69) is 15.0 Å². The molecule has 0 atom stereocenters. The molecule has 9 heteroatoms. The molecule has 36 heavy (non-hydrogen) atoms. The van der Waals surface area contributed by atoms with Gasteiger partial charge in [0.1, 0.15) is 29.6 Å². The lowest BCUT2D eigenvalue weighted by Crippen LogP contribution is -2.27. The van der Waals surface area contributed by atoms with Crippen molar-refractivity contribution in [3.05, 3.63) is 93.4 Å². The molecule has 0 radical (unpaired) electrons. The minimum Gasteiger partial charge on any atom is -0.487 e. The van der Waals surface area contributed by atoms with E-state index < -0.39 is 17.2 Å². The zero-order valence-corrected chi connectivity index (χ0v) is 21.5. The van der Waals surface area contributed by atoms with Crippen LogP contribution < -0.4 is 4.90 Å². The van der Waals surface area contributed by atoms with Crippen molar-refractivity contribution in [2.75, 3.05) is 11.4 Å². The third-order valence-electron chi connectivity index (χ3n) is 5.86. The predicted octanol–water partition coefficient (Wildman–Crippen LogP) is 6.05. The van der Waals surface area contributed by atoms with E-state index >= 15 is 0 Å². The van der Waals surface area contributed by atoms with Gasteiger partial charge in [-0.15, -0.1) is 0 Å². The molecule has 0 spiro atoms. The van der Waals surface area contributed by atoms with Crippen molar-refractivity contribution in [1.29, 1.82) is 0 Å². The number of anilines is 1. The van der Waals surface area contributed by atoms with Crippen LogP contribution in [0.15, 0.2) is 59.2 Å². The normalized spacial score (nSPS) is 14.2. The highest BCUT2D eigenvalue weighted by Gasteiger charge is 2.24. The zero-order valence-electron chi connectivity index (χ0n) is 20.7. The van der Waals surface area contributed by atoms with E-state index in [9.17, 15) is 13.9 Å². The molecule has 0 bridgehead atoms. The number of rotatable bonds is 6. The van der Waals surface area contributed by atoms with E-state index in [1.807, 2.05) is 31.7 Å². The average Bonchev–Trinajstić information content (AvgIpc) is 2.80. The molecule has 1 aliphatic rings. The fraction of sp³-hybridized carbons (Fsp3) is 0.296. The second-order valence-electron chi connectivity index (χ2n) is 9.31. The zero-order chi connectivity index (χ0) is 26.2. The summed E-state index contributed by atoms with van der Waals surface area (Å²) in [7, 11) is 0. The first-order chi connectivity index (χ1) is 16.9. The van der Waals surface area contributed by atoms with Gasteiger partial charge in [0.15, 0.2) is 5.82 Å². The molecule has 3 aromatic rings. The molecule has 3 heterocycles. The molecule has 0 unspecified atom stereocenters. The topological polar surface area (TPSA) is 71.4 Å². The minimum atomic E-state index is -1.19. The molecule has 0 aliphatic carbocycles. The summed E-state index contributed by atoms with van der Waals surface area (Å²) in [6.07, 6.45) is 5.23. The van der Waals surface area contributed by atoms with Crippen LogP contribution in [0.5, 0.6) is 0 Å². The van der Waals surface area contributed by atoms with Gasteiger partial charge in [-0.3, -0.25) is 4.98 Å². The first-order valence-corrected chi connectivity index (χ1v) is 11.8. The summed E-state index contributed by atoms with van der Waals surface area (Å²) in [5.41, 5.74) is 3.84. The maximum atomic E-state index is 14.0. The van der Waals surface area contributed by atoms with E-state index in [1.54, 1.807) is 32.3 Å². The van der Waals surface area contributed by atoms with Gasteiger partial charge < -0.3 is 14.7 Å². The highest BCUT2D eigenvalue weighted by Crippen LogP contribution is 2.34. The Kier molecular flexibility index (Phi) is 7.11. The molecule has 0 amide bonds. The number of hydrogen-bond acceptors (Lipinski definition) is 6. The van der Waals surface area contributed by atoms with Crippen LogP contribution in [0.3, 0.4) is 0 Å². The Bertz CT molecular complexity index is 1380. The lowest BCUT2D eigenvalue weighted by molar-refractivity contribution is 0.0688. The van der Waals surface area contributed by atoms with Crippen LogP contribution >= 0.6 is 11.6 Å². The first kappa shape index (κ1) is 25.7. The Labute approximate surface area is 214 Å². The summed E-state index contributed by atoms with van der Waals surface area (Å²) in [6, 6.07) is 5.30. The molecule has 4 rings (SSSR count). The molecule has 0 fully saturated rings.